The van der Waals surface area contributed by atoms with Gasteiger partial charge in [0, 0.05) is 6.16 Å². The number of hydrogen-bond acceptors (Lipinski definition) is 6. The van der Waals surface area contributed by atoms with Gasteiger partial charge in [-0.15, -0.1) is 0 Å². The first kappa shape index (κ1) is 18.5. The summed E-state index contributed by atoms with van der Waals surface area (Å²) in [6, 6.07) is 0. The molecule has 0 N–H and O–H groups in total. The molecule has 0 aliphatic heterocycles. The van der Waals surface area contributed by atoms with E-state index in [0.717, 1.165) is 6.26 Å². The van der Waals surface area contributed by atoms with E-state index >= 15 is 0 Å². The van der Waals surface area contributed by atoms with Crippen molar-refractivity contribution in [2.45, 2.75) is 27.2 Å². The second-order valence-electron chi connectivity index (χ2n) is 4.85. The lowest BCUT2D eigenvalue weighted by atomic mass is 9.82. The molecule has 1 unspecified atom stereocenters. The number of rotatable bonds is 9. The van der Waals surface area contributed by atoms with Crippen LogP contribution in [0.3, 0.4) is 0 Å². The van der Waals surface area contributed by atoms with Crippen LogP contribution in [0, 0.1) is 11.3 Å². The molecule has 19 heavy (non-hydrogen) atoms. The van der Waals surface area contributed by atoms with Crippen molar-refractivity contribution in [3.05, 3.63) is 0 Å². The van der Waals surface area contributed by atoms with Gasteiger partial charge in [0.1, 0.15) is 5.41 Å². The SMILES string of the molecule is CCOC(=O)C(COS(C)(=O)=O)(CP=O)CC(C)C. The Kier molecular flexibility index (Phi) is 7.71. The summed E-state index contributed by atoms with van der Waals surface area (Å²) < 4.78 is 42.8. The quantitative estimate of drug-likeness (QED) is 0.367. The van der Waals surface area contributed by atoms with Crippen molar-refractivity contribution >= 4 is 24.5 Å². The molecule has 0 bridgehead atoms. The zero-order valence-electron chi connectivity index (χ0n) is 11.7. The Balaban J connectivity index is 5.23. The smallest absolute Gasteiger partial charge is 0.315 e. The van der Waals surface area contributed by atoms with Gasteiger partial charge < -0.3 is 4.74 Å². The second kappa shape index (κ2) is 7.92. The van der Waals surface area contributed by atoms with Crippen molar-refractivity contribution < 1.29 is 26.7 Å². The summed E-state index contributed by atoms with van der Waals surface area (Å²) >= 11 is 0. The Hall–Kier alpha value is -0.520. The van der Waals surface area contributed by atoms with Crippen LogP contribution in [0.15, 0.2) is 0 Å². The van der Waals surface area contributed by atoms with Gasteiger partial charge in [-0.25, -0.2) is 0 Å². The highest BCUT2D eigenvalue weighted by molar-refractivity contribution is 7.85. The Bertz CT molecular complexity index is 405. The highest BCUT2D eigenvalue weighted by Crippen LogP contribution is 2.33. The molecule has 0 aromatic heterocycles. The van der Waals surface area contributed by atoms with Crippen LogP contribution in [0.4, 0.5) is 0 Å². The van der Waals surface area contributed by atoms with E-state index in [1.165, 1.54) is 0 Å². The van der Waals surface area contributed by atoms with E-state index in [1.807, 2.05) is 13.8 Å². The monoisotopic (exact) mass is 312 g/mol. The van der Waals surface area contributed by atoms with E-state index in [0.29, 0.717) is 6.42 Å². The fourth-order valence-corrected chi connectivity index (χ4v) is 2.82. The molecule has 0 fully saturated rings. The van der Waals surface area contributed by atoms with Crippen LogP contribution >= 0.6 is 8.46 Å². The molecule has 0 saturated heterocycles. The molecule has 0 aliphatic rings. The lowest BCUT2D eigenvalue weighted by Crippen LogP contribution is -2.41. The summed E-state index contributed by atoms with van der Waals surface area (Å²) in [6.45, 7) is 5.25. The Labute approximate surface area is 116 Å². The van der Waals surface area contributed by atoms with Gasteiger partial charge in [-0.05, 0) is 19.3 Å². The molecule has 112 valence electrons. The molecule has 0 aromatic carbocycles. The maximum absolute atomic E-state index is 12.1. The highest BCUT2D eigenvalue weighted by Gasteiger charge is 2.42. The summed E-state index contributed by atoms with van der Waals surface area (Å²) in [5, 5.41) is 0. The summed E-state index contributed by atoms with van der Waals surface area (Å²) in [5.74, 6) is -0.468. The van der Waals surface area contributed by atoms with Gasteiger partial charge in [0.05, 0.1) is 19.5 Å². The minimum Gasteiger partial charge on any atom is -0.465 e. The van der Waals surface area contributed by atoms with Crippen LogP contribution in [0.2, 0.25) is 0 Å². The maximum atomic E-state index is 12.1. The third-order valence-corrected chi connectivity index (χ3v) is 3.70. The van der Waals surface area contributed by atoms with Crippen LogP contribution in [0.25, 0.3) is 0 Å². The third-order valence-electron chi connectivity index (χ3n) is 2.42. The predicted octanol–water partition coefficient (Wildman–Crippen LogP) is 1.85. The van der Waals surface area contributed by atoms with Crippen molar-refractivity contribution in [3.8, 4) is 0 Å². The maximum Gasteiger partial charge on any atom is 0.315 e. The highest BCUT2D eigenvalue weighted by atomic mass is 32.2. The van der Waals surface area contributed by atoms with Crippen molar-refractivity contribution in [2.75, 3.05) is 25.6 Å². The molecular formula is C11H21O6PS. The fourth-order valence-electron chi connectivity index (χ4n) is 1.78. The van der Waals surface area contributed by atoms with Crippen molar-refractivity contribution in [1.29, 1.82) is 0 Å². The van der Waals surface area contributed by atoms with E-state index in [9.17, 15) is 17.8 Å². The molecule has 0 radical (unpaired) electrons. The number of ether oxygens (including phenoxy) is 1. The number of hydrogen-bond donors (Lipinski definition) is 0. The molecule has 0 spiro atoms. The van der Waals surface area contributed by atoms with Gasteiger partial charge in [0.2, 0.25) is 0 Å². The molecule has 8 heteroatoms. The van der Waals surface area contributed by atoms with Crippen LogP contribution in [0.1, 0.15) is 27.2 Å². The van der Waals surface area contributed by atoms with Gasteiger partial charge >= 0.3 is 5.97 Å². The molecule has 0 aliphatic carbocycles. The Morgan fingerprint density at radius 1 is 1.37 bits per heavy atom. The largest absolute Gasteiger partial charge is 0.465 e. The van der Waals surface area contributed by atoms with E-state index in [1.54, 1.807) is 6.92 Å². The summed E-state index contributed by atoms with van der Waals surface area (Å²) in [5.41, 5.74) is -1.20. The van der Waals surface area contributed by atoms with Crippen LogP contribution in [-0.2, 0) is 28.4 Å². The van der Waals surface area contributed by atoms with Crippen LogP contribution in [0.5, 0.6) is 0 Å². The van der Waals surface area contributed by atoms with Crippen molar-refractivity contribution in [2.24, 2.45) is 11.3 Å². The normalized spacial score (nSPS) is 15.4. The first-order chi connectivity index (χ1) is 8.67. The van der Waals surface area contributed by atoms with E-state index in [4.69, 9.17) is 8.92 Å². The summed E-state index contributed by atoms with van der Waals surface area (Å²) in [7, 11) is -3.92. The second-order valence-corrected chi connectivity index (χ2v) is 7.07. The molecule has 0 rings (SSSR count). The number of carbonyl (C=O) groups excluding carboxylic acids is 1. The van der Waals surface area contributed by atoms with Crippen LogP contribution in [-0.4, -0.2) is 40.0 Å². The van der Waals surface area contributed by atoms with Gasteiger partial charge in [-0.2, -0.15) is 8.42 Å². The van der Waals surface area contributed by atoms with Crippen molar-refractivity contribution in [1.82, 2.24) is 0 Å². The number of carbonyl (C=O) groups is 1. The Morgan fingerprint density at radius 3 is 2.32 bits per heavy atom. The zero-order valence-corrected chi connectivity index (χ0v) is 13.4. The molecular weight excluding hydrogens is 291 g/mol. The van der Waals surface area contributed by atoms with Crippen LogP contribution < -0.4 is 0 Å². The topological polar surface area (TPSA) is 86.7 Å². The molecule has 6 nitrogen and oxygen atoms in total. The van der Waals surface area contributed by atoms with Gasteiger partial charge in [-0.3, -0.25) is 13.5 Å². The lowest BCUT2D eigenvalue weighted by molar-refractivity contribution is -0.156. The standard InChI is InChI=1S/C11H21O6PS/c1-5-16-10(12)11(8-18-13,6-9(2)3)7-17-19(4,14)15/h9H,5-8H2,1-4H3. The first-order valence-electron chi connectivity index (χ1n) is 5.97. The summed E-state index contributed by atoms with van der Waals surface area (Å²) in [6.07, 6.45) is 1.23. The Morgan fingerprint density at radius 2 is 1.95 bits per heavy atom. The molecule has 0 saturated carbocycles. The fraction of sp³-hybridized carbons (Fsp3) is 0.909. The predicted molar refractivity (Wildman–Crippen MR) is 71.8 cm³/mol. The van der Waals surface area contributed by atoms with Gasteiger partial charge in [0.15, 0.2) is 8.46 Å². The van der Waals surface area contributed by atoms with Gasteiger partial charge in [0.25, 0.3) is 10.1 Å². The lowest BCUT2D eigenvalue weighted by Gasteiger charge is -2.30. The molecule has 0 heterocycles. The minimum absolute atomic E-state index is 0.0282. The zero-order chi connectivity index (χ0) is 15.1. The molecule has 1 atom stereocenters. The number of esters is 1. The average molecular weight is 312 g/mol. The van der Waals surface area contributed by atoms with E-state index < -0.39 is 21.5 Å². The third kappa shape index (κ3) is 6.99. The minimum atomic E-state index is -3.67. The first-order valence-corrected chi connectivity index (χ1v) is 8.79. The molecule has 0 amide bonds. The van der Waals surface area contributed by atoms with Crippen molar-refractivity contribution in [3.63, 3.8) is 0 Å². The molecule has 0 aromatic rings. The van der Waals surface area contributed by atoms with E-state index in [2.05, 4.69) is 0 Å². The van der Waals surface area contributed by atoms with E-state index in [-0.39, 0.29) is 33.8 Å². The average Bonchev–Trinajstić information content (AvgIpc) is 2.24. The van der Waals surface area contributed by atoms with Gasteiger partial charge in [-0.1, -0.05) is 13.8 Å². The summed E-state index contributed by atoms with van der Waals surface area (Å²) in [4.78, 5) is 12.1.